The van der Waals surface area contributed by atoms with Crippen LogP contribution in [0, 0.1) is 5.92 Å². The Morgan fingerprint density at radius 2 is 1.62 bits per heavy atom. The van der Waals surface area contributed by atoms with Crippen molar-refractivity contribution in [3.63, 3.8) is 0 Å². The summed E-state index contributed by atoms with van der Waals surface area (Å²) >= 11 is 0. The minimum Gasteiger partial charge on any atom is -0.481 e. The fourth-order valence-corrected chi connectivity index (χ4v) is 4.88. The van der Waals surface area contributed by atoms with Crippen molar-refractivity contribution in [1.29, 1.82) is 0 Å². The van der Waals surface area contributed by atoms with E-state index in [-0.39, 0.29) is 5.91 Å². The van der Waals surface area contributed by atoms with Crippen LogP contribution in [0.1, 0.15) is 36.0 Å². The molecule has 0 aliphatic carbocycles. The summed E-state index contributed by atoms with van der Waals surface area (Å²) in [5.41, 5.74) is 1.81. The normalized spacial score (nSPS) is 24.5. The average molecular weight is 401 g/mol. The van der Waals surface area contributed by atoms with Gasteiger partial charge in [0.05, 0.1) is 5.92 Å². The molecule has 0 bridgehead atoms. The molecule has 3 saturated heterocycles. The average Bonchev–Trinajstić information content (AvgIpc) is 2.79. The molecular weight excluding hydrogens is 368 g/mol. The zero-order valence-corrected chi connectivity index (χ0v) is 17.1. The second-order valence-corrected chi connectivity index (χ2v) is 8.48. The molecule has 1 unspecified atom stereocenters. The predicted octanol–water partition coefficient (Wildman–Crippen LogP) is 1.50. The lowest BCUT2D eigenvalue weighted by Crippen LogP contribution is -2.52. The number of rotatable bonds is 4. The van der Waals surface area contributed by atoms with Crippen molar-refractivity contribution in [3.8, 4) is 0 Å². The van der Waals surface area contributed by atoms with Gasteiger partial charge in [0.15, 0.2) is 0 Å². The number of anilines is 1. The summed E-state index contributed by atoms with van der Waals surface area (Å²) in [6.07, 6.45) is 3.90. The first-order chi connectivity index (χ1) is 14.1. The molecule has 29 heavy (non-hydrogen) atoms. The second-order valence-electron chi connectivity index (χ2n) is 8.48. The number of hydrogen-bond acceptors (Lipinski definition) is 5. The number of hydrogen-bond donors (Lipinski definition) is 2. The predicted molar refractivity (Wildman–Crippen MR) is 112 cm³/mol. The molecule has 0 aromatic heterocycles. The van der Waals surface area contributed by atoms with Crippen LogP contribution in [0.5, 0.6) is 0 Å². The quantitative estimate of drug-likeness (QED) is 0.798. The van der Waals surface area contributed by atoms with E-state index >= 15 is 0 Å². The lowest BCUT2D eigenvalue weighted by atomic mass is 9.97. The van der Waals surface area contributed by atoms with Gasteiger partial charge in [0.2, 0.25) is 0 Å². The Hall–Kier alpha value is -2.12. The largest absolute Gasteiger partial charge is 0.481 e. The van der Waals surface area contributed by atoms with Gasteiger partial charge >= 0.3 is 5.97 Å². The van der Waals surface area contributed by atoms with Gasteiger partial charge in [0.1, 0.15) is 0 Å². The number of piperidine rings is 2. The van der Waals surface area contributed by atoms with Crippen molar-refractivity contribution in [2.75, 3.05) is 57.3 Å². The van der Waals surface area contributed by atoms with Crippen molar-refractivity contribution in [2.24, 2.45) is 5.92 Å². The maximum absolute atomic E-state index is 12.8. The van der Waals surface area contributed by atoms with Crippen molar-refractivity contribution in [1.82, 2.24) is 15.1 Å². The maximum atomic E-state index is 12.8. The van der Waals surface area contributed by atoms with E-state index in [1.165, 1.54) is 12.8 Å². The van der Waals surface area contributed by atoms with Gasteiger partial charge in [-0.3, -0.25) is 14.5 Å². The molecule has 3 heterocycles. The first-order valence-electron chi connectivity index (χ1n) is 10.9. The van der Waals surface area contributed by atoms with Crippen LogP contribution in [0.2, 0.25) is 0 Å². The first kappa shape index (κ1) is 20.2. The summed E-state index contributed by atoms with van der Waals surface area (Å²) in [6.45, 7) is 7.44. The molecule has 1 amide bonds. The monoisotopic (exact) mass is 400 g/mol. The van der Waals surface area contributed by atoms with Crippen LogP contribution < -0.4 is 10.2 Å². The third-order valence-corrected chi connectivity index (χ3v) is 6.68. The van der Waals surface area contributed by atoms with Gasteiger partial charge in [-0.1, -0.05) is 0 Å². The molecule has 3 fully saturated rings. The van der Waals surface area contributed by atoms with Crippen LogP contribution in [-0.2, 0) is 4.79 Å². The lowest BCUT2D eigenvalue weighted by Gasteiger charge is -2.41. The van der Waals surface area contributed by atoms with Gasteiger partial charge in [-0.25, -0.2) is 0 Å². The SMILES string of the molecule is O=C(O)C1CCCN(C(=O)c2ccc(N3CCN(C4CCNCC4)CC3)cc2)C1. The number of carbonyl (C=O) groups is 2. The highest BCUT2D eigenvalue weighted by Crippen LogP contribution is 2.23. The van der Waals surface area contributed by atoms with Crippen LogP contribution in [-0.4, -0.2) is 85.2 Å². The number of carboxylic acids is 1. The summed E-state index contributed by atoms with van der Waals surface area (Å²) in [5, 5.41) is 12.7. The van der Waals surface area contributed by atoms with Gasteiger partial charge in [0, 0.05) is 56.6 Å². The molecule has 7 nitrogen and oxygen atoms in total. The van der Waals surface area contributed by atoms with Crippen molar-refractivity contribution >= 4 is 17.6 Å². The van der Waals surface area contributed by atoms with Gasteiger partial charge in [-0.2, -0.15) is 0 Å². The van der Waals surface area contributed by atoms with E-state index in [1.807, 2.05) is 24.3 Å². The molecule has 1 atom stereocenters. The number of nitrogens with one attached hydrogen (secondary N) is 1. The van der Waals surface area contributed by atoms with Crippen LogP contribution in [0.4, 0.5) is 5.69 Å². The van der Waals surface area contributed by atoms with Crippen LogP contribution >= 0.6 is 0 Å². The number of carboxylic acid groups (broad SMARTS) is 1. The van der Waals surface area contributed by atoms with Crippen molar-refractivity contribution in [2.45, 2.75) is 31.7 Å². The van der Waals surface area contributed by atoms with Crippen molar-refractivity contribution < 1.29 is 14.7 Å². The molecule has 1 aromatic carbocycles. The molecule has 4 rings (SSSR count). The smallest absolute Gasteiger partial charge is 0.308 e. The van der Waals surface area contributed by atoms with E-state index in [0.717, 1.165) is 57.4 Å². The zero-order chi connectivity index (χ0) is 20.2. The molecular formula is C22H32N4O3. The number of piperazine rings is 1. The standard InChI is InChI=1S/C22H32N4O3/c27-21(26-11-1-2-18(16-26)22(28)29)17-3-5-19(6-4-17)24-12-14-25(15-13-24)20-7-9-23-10-8-20/h3-6,18,20,23H,1-2,7-16H2,(H,28,29). The van der Waals surface area contributed by atoms with Gasteiger partial charge in [-0.15, -0.1) is 0 Å². The molecule has 0 saturated carbocycles. The summed E-state index contributed by atoms with van der Waals surface area (Å²) in [5.74, 6) is -1.30. The van der Waals surface area contributed by atoms with Crippen LogP contribution in [0.3, 0.4) is 0 Å². The summed E-state index contributed by atoms with van der Waals surface area (Å²) in [4.78, 5) is 30.7. The molecule has 1 aromatic rings. The number of aliphatic carboxylic acids is 1. The Balaban J connectivity index is 1.32. The second kappa shape index (κ2) is 9.13. The maximum Gasteiger partial charge on any atom is 0.308 e. The number of carbonyl (C=O) groups excluding carboxylic acids is 1. The Kier molecular flexibility index (Phi) is 6.35. The molecule has 0 spiro atoms. The van der Waals surface area contributed by atoms with E-state index in [4.69, 9.17) is 0 Å². The number of benzene rings is 1. The third-order valence-electron chi connectivity index (χ3n) is 6.68. The Bertz CT molecular complexity index is 709. The van der Waals surface area contributed by atoms with Crippen LogP contribution in [0.15, 0.2) is 24.3 Å². The highest BCUT2D eigenvalue weighted by molar-refractivity contribution is 5.95. The number of likely N-dealkylation sites (tertiary alicyclic amines) is 1. The van der Waals surface area contributed by atoms with Gasteiger partial charge < -0.3 is 20.2 Å². The fraction of sp³-hybridized carbons (Fsp3) is 0.636. The minimum atomic E-state index is -0.804. The van der Waals surface area contributed by atoms with Gasteiger partial charge in [0.25, 0.3) is 5.91 Å². The molecule has 3 aliphatic rings. The number of amides is 1. The summed E-state index contributed by atoms with van der Waals surface area (Å²) < 4.78 is 0. The fourth-order valence-electron chi connectivity index (χ4n) is 4.88. The summed E-state index contributed by atoms with van der Waals surface area (Å²) in [7, 11) is 0. The van der Waals surface area contributed by atoms with Gasteiger partial charge in [-0.05, 0) is 63.0 Å². The molecule has 2 N–H and O–H groups in total. The van der Waals surface area contributed by atoms with E-state index in [2.05, 4.69) is 15.1 Å². The van der Waals surface area contributed by atoms with E-state index in [1.54, 1.807) is 4.90 Å². The molecule has 158 valence electrons. The van der Waals surface area contributed by atoms with Crippen LogP contribution in [0.25, 0.3) is 0 Å². The molecule has 3 aliphatic heterocycles. The zero-order valence-electron chi connectivity index (χ0n) is 17.1. The highest BCUT2D eigenvalue weighted by Gasteiger charge is 2.29. The van der Waals surface area contributed by atoms with E-state index < -0.39 is 11.9 Å². The number of nitrogens with zero attached hydrogens (tertiary/aromatic N) is 3. The Labute approximate surface area is 172 Å². The lowest BCUT2D eigenvalue weighted by molar-refractivity contribution is -0.143. The Morgan fingerprint density at radius 3 is 2.28 bits per heavy atom. The van der Waals surface area contributed by atoms with Crippen molar-refractivity contribution in [3.05, 3.63) is 29.8 Å². The highest BCUT2D eigenvalue weighted by atomic mass is 16.4. The topological polar surface area (TPSA) is 76.1 Å². The minimum absolute atomic E-state index is 0.0572. The van der Waals surface area contributed by atoms with E-state index in [9.17, 15) is 14.7 Å². The Morgan fingerprint density at radius 1 is 0.931 bits per heavy atom. The van der Waals surface area contributed by atoms with E-state index in [0.29, 0.717) is 25.1 Å². The molecule has 7 heteroatoms. The third kappa shape index (κ3) is 4.73. The first-order valence-corrected chi connectivity index (χ1v) is 10.9. The summed E-state index contributed by atoms with van der Waals surface area (Å²) in [6, 6.07) is 8.57. The molecule has 0 radical (unpaired) electrons.